The molecule has 12 rings (SSSR count). The Morgan fingerprint density at radius 1 is 0.295 bits per heavy atom. The zero-order valence-corrected chi connectivity index (χ0v) is 32.8. The van der Waals surface area contributed by atoms with Crippen LogP contribution < -0.4 is 0 Å². The van der Waals surface area contributed by atoms with E-state index in [1.807, 2.05) is 42.5 Å². The number of benzene rings is 10. The number of hydrogen-bond acceptors (Lipinski definition) is 5. The quantitative estimate of drug-likeness (QED) is 0.157. The fraction of sp³-hybridized carbons (Fsp3) is 0. The Balaban J connectivity index is 1.04. The molecule has 61 heavy (non-hydrogen) atoms. The maximum absolute atomic E-state index is 6.59. The van der Waals surface area contributed by atoms with E-state index in [9.17, 15) is 0 Å². The monoisotopic (exact) mass is 778 g/mol. The van der Waals surface area contributed by atoms with Crippen molar-refractivity contribution in [3.8, 4) is 67.9 Å². The predicted molar refractivity (Wildman–Crippen MR) is 250 cm³/mol. The average Bonchev–Trinajstić information content (AvgIpc) is 3.79. The number of hydrogen-bond donors (Lipinski definition) is 0. The van der Waals surface area contributed by atoms with Gasteiger partial charge in [0.05, 0.1) is 0 Å². The molecule has 0 radical (unpaired) electrons. The van der Waals surface area contributed by atoms with Crippen LogP contribution in [0.25, 0.3) is 122 Å². The molecular weight excluding hydrogens is 745 g/mol. The first kappa shape index (κ1) is 34.7. The Kier molecular flexibility index (Phi) is 8.10. The molecule has 284 valence electrons. The van der Waals surface area contributed by atoms with Gasteiger partial charge < -0.3 is 4.42 Å². The fourth-order valence-electron chi connectivity index (χ4n) is 8.75. The molecule has 0 saturated carbocycles. The molecule has 5 nitrogen and oxygen atoms in total. The third-order valence-electron chi connectivity index (χ3n) is 11.7. The summed E-state index contributed by atoms with van der Waals surface area (Å²) in [6, 6.07) is 71.8. The lowest BCUT2D eigenvalue weighted by Crippen LogP contribution is -2.01. The van der Waals surface area contributed by atoms with Crippen LogP contribution in [0.15, 0.2) is 211 Å². The highest BCUT2D eigenvalue weighted by Crippen LogP contribution is 2.40. The number of rotatable bonds is 6. The van der Waals surface area contributed by atoms with Gasteiger partial charge in [0.2, 0.25) is 5.89 Å². The van der Waals surface area contributed by atoms with E-state index < -0.39 is 0 Å². The normalized spacial score (nSPS) is 11.6. The summed E-state index contributed by atoms with van der Waals surface area (Å²) in [5.41, 5.74) is 9.96. The Bertz CT molecular complexity index is 3620. The van der Waals surface area contributed by atoms with Gasteiger partial charge in [0, 0.05) is 33.0 Å². The highest BCUT2D eigenvalue weighted by atomic mass is 16.3. The molecule has 0 spiro atoms. The van der Waals surface area contributed by atoms with E-state index in [1.54, 1.807) is 0 Å². The van der Waals surface area contributed by atoms with Crippen LogP contribution in [-0.2, 0) is 0 Å². The van der Waals surface area contributed by atoms with Crippen LogP contribution in [0.5, 0.6) is 0 Å². The summed E-state index contributed by atoms with van der Waals surface area (Å²) in [5.74, 6) is 2.45. The van der Waals surface area contributed by atoms with Gasteiger partial charge in [-0.3, -0.25) is 0 Å². The van der Waals surface area contributed by atoms with Gasteiger partial charge in [0.25, 0.3) is 0 Å². The molecule has 0 aliphatic rings. The van der Waals surface area contributed by atoms with Crippen LogP contribution in [0.3, 0.4) is 0 Å². The summed E-state index contributed by atoms with van der Waals surface area (Å²) in [7, 11) is 0. The Labute approximate surface area is 351 Å². The van der Waals surface area contributed by atoms with Gasteiger partial charge in [-0.1, -0.05) is 176 Å². The fourth-order valence-corrected chi connectivity index (χ4v) is 8.75. The molecule has 2 heterocycles. The van der Waals surface area contributed by atoms with Crippen LogP contribution in [-0.4, -0.2) is 19.9 Å². The van der Waals surface area contributed by atoms with E-state index in [-0.39, 0.29) is 0 Å². The van der Waals surface area contributed by atoms with Crippen molar-refractivity contribution in [2.75, 3.05) is 0 Å². The molecule has 0 bridgehead atoms. The van der Waals surface area contributed by atoms with E-state index in [1.165, 1.54) is 5.56 Å². The summed E-state index contributed by atoms with van der Waals surface area (Å²) < 4.78 is 6.59. The van der Waals surface area contributed by atoms with Crippen molar-refractivity contribution in [3.05, 3.63) is 206 Å². The van der Waals surface area contributed by atoms with Crippen LogP contribution in [0, 0.1) is 0 Å². The average molecular weight is 779 g/mol. The third-order valence-corrected chi connectivity index (χ3v) is 11.7. The lowest BCUT2D eigenvalue weighted by molar-refractivity contribution is 0.623. The molecular formula is C56H34N4O. The summed E-state index contributed by atoms with van der Waals surface area (Å²) >= 11 is 0. The van der Waals surface area contributed by atoms with Crippen LogP contribution in [0.4, 0.5) is 0 Å². The summed E-state index contributed by atoms with van der Waals surface area (Å²) in [4.78, 5) is 20.6. The first-order chi connectivity index (χ1) is 30.2. The molecule has 5 heteroatoms. The minimum absolute atomic E-state index is 0.605. The topological polar surface area (TPSA) is 64.7 Å². The Hall–Kier alpha value is -8.28. The lowest BCUT2D eigenvalue weighted by atomic mass is 9.94. The van der Waals surface area contributed by atoms with Crippen molar-refractivity contribution in [2.45, 2.75) is 0 Å². The van der Waals surface area contributed by atoms with Crippen LogP contribution in [0.1, 0.15) is 0 Å². The maximum atomic E-state index is 6.59. The van der Waals surface area contributed by atoms with E-state index in [0.717, 1.165) is 93.1 Å². The van der Waals surface area contributed by atoms with Crippen molar-refractivity contribution < 1.29 is 4.42 Å². The predicted octanol–water partition coefficient (Wildman–Crippen LogP) is 14.6. The van der Waals surface area contributed by atoms with Gasteiger partial charge in [0.1, 0.15) is 5.52 Å². The third kappa shape index (κ3) is 6.02. The largest absolute Gasteiger partial charge is 0.435 e. The van der Waals surface area contributed by atoms with E-state index >= 15 is 0 Å². The highest BCUT2D eigenvalue weighted by molar-refractivity contribution is 6.26. The SMILES string of the molecule is c1ccc(-c2ccc(-c3nc(-c4ccc5c(ccc6ccc7ccc8nc(-c9ccccc9)oc8c7c65)c4)nc(-c4ccc(-c5ccccc5)c5ccccc45)n3)cc2)cc1. The second-order valence-electron chi connectivity index (χ2n) is 15.4. The molecule has 10 aromatic carbocycles. The molecule has 0 amide bonds. The first-order valence-electron chi connectivity index (χ1n) is 20.5. The molecule has 0 N–H and O–H groups in total. The van der Waals surface area contributed by atoms with E-state index in [2.05, 4.69) is 164 Å². The number of nitrogens with zero attached hydrogens (tertiary/aromatic N) is 4. The molecule has 0 unspecified atom stereocenters. The minimum atomic E-state index is 0.605. The van der Waals surface area contributed by atoms with Crippen LogP contribution in [0.2, 0.25) is 0 Å². The summed E-state index contributed by atoms with van der Waals surface area (Å²) in [6.45, 7) is 0. The van der Waals surface area contributed by atoms with Crippen molar-refractivity contribution in [1.29, 1.82) is 0 Å². The van der Waals surface area contributed by atoms with Crippen molar-refractivity contribution >= 4 is 54.2 Å². The van der Waals surface area contributed by atoms with Crippen molar-refractivity contribution in [1.82, 2.24) is 19.9 Å². The molecule has 12 aromatic rings. The highest BCUT2D eigenvalue weighted by Gasteiger charge is 2.19. The van der Waals surface area contributed by atoms with Gasteiger partial charge in [-0.05, 0) is 84.9 Å². The molecule has 0 saturated heterocycles. The second kappa shape index (κ2) is 14.2. The number of oxazole rings is 1. The molecule has 2 aromatic heterocycles. The minimum Gasteiger partial charge on any atom is -0.435 e. The van der Waals surface area contributed by atoms with Gasteiger partial charge in [-0.15, -0.1) is 0 Å². The summed E-state index contributed by atoms with van der Waals surface area (Å²) in [5, 5.41) is 8.83. The van der Waals surface area contributed by atoms with E-state index in [4.69, 9.17) is 24.4 Å². The molecule has 0 fully saturated rings. The van der Waals surface area contributed by atoms with Crippen LogP contribution >= 0.6 is 0 Å². The second-order valence-corrected chi connectivity index (χ2v) is 15.4. The van der Waals surface area contributed by atoms with E-state index in [0.29, 0.717) is 23.4 Å². The number of fused-ring (bicyclic) bond motifs is 8. The van der Waals surface area contributed by atoms with Gasteiger partial charge in [0.15, 0.2) is 23.1 Å². The van der Waals surface area contributed by atoms with Crippen molar-refractivity contribution in [3.63, 3.8) is 0 Å². The molecule has 0 aliphatic carbocycles. The van der Waals surface area contributed by atoms with Gasteiger partial charge in [-0.2, -0.15) is 0 Å². The van der Waals surface area contributed by atoms with Crippen molar-refractivity contribution in [2.24, 2.45) is 0 Å². The molecule has 0 atom stereocenters. The Morgan fingerprint density at radius 3 is 1.52 bits per heavy atom. The zero-order chi connectivity index (χ0) is 40.3. The zero-order valence-electron chi connectivity index (χ0n) is 32.8. The van der Waals surface area contributed by atoms with Gasteiger partial charge in [-0.25, -0.2) is 19.9 Å². The first-order valence-corrected chi connectivity index (χ1v) is 20.5. The summed E-state index contributed by atoms with van der Waals surface area (Å²) in [6.07, 6.45) is 0. The standard InChI is InChI=1S/C56H34N4O/c1-4-12-35(13-5-1)36-20-25-40(26-21-36)53-58-54(60-55(59-53)48-32-31-44(37-14-6-2-7-15-37)46-18-10-11-19-47(46)48)43-28-30-45-42(34-43)27-24-38-22-23-39-29-33-49-52(51(39)50(38)45)61-56(57-49)41-16-8-3-9-17-41/h1-34H. The number of aromatic nitrogens is 4. The lowest BCUT2D eigenvalue weighted by Gasteiger charge is -2.14. The smallest absolute Gasteiger partial charge is 0.227 e. The Morgan fingerprint density at radius 2 is 0.803 bits per heavy atom. The maximum Gasteiger partial charge on any atom is 0.227 e. The van der Waals surface area contributed by atoms with Gasteiger partial charge >= 0.3 is 0 Å². The molecule has 0 aliphatic heterocycles.